The second-order valence-electron chi connectivity index (χ2n) is 6.27. The van der Waals surface area contributed by atoms with Gasteiger partial charge in [0.1, 0.15) is 0 Å². The van der Waals surface area contributed by atoms with Gasteiger partial charge in [0.15, 0.2) is 0 Å². The maximum Gasteiger partial charge on any atom is 0.0133 e. The van der Waals surface area contributed by atoms with Crippen molar-refractivity contribution in [1.29, 1.82) is 0 Å². The van der Waals surface area contributed by atoms with Crippen LogP contribution in [0.3, 0.4) is 0 Å². The molecule has 0 aliphatic rings. The van der Waals surface area contributed by atoms with Crippen molar-refractivity contribution in [3.63, 3.8) is 0 Å². The summed E-state index contributed by atoms with van der Waals surface area (Å²) in [5, 5.41) is 4.55. The Morgan fingerprint density at radius 3 is 1.20 bits per heavy atom. The summed E-state index contributed by atoms with van der Waals surface area (Å²) in [7, 11) is 0. The molecule has 0 saturated heterocycles. The number of unbranched alkanes of at least 4 members (excludes halogenated alkanes) is 13. The van der Waals surface area contributed by atoms with Crippen molar-refractivity contribution in [1.82, 2.24) is 5.32 Å². The highest BCUT2D eigenvalue weighted by molar-refractivity contribution is 4.51. The molecule has 0 fully saturated rings. The van der Waals surface area contributed by atoms with Crippen LogP contribution in [-0.2, 0) is 0 Å². The van der Waals surface area contributed by atoms with E-state index >= 15 is 0 Å². The molecule has 0 aromatic carbocycles. The molecule has 1 nitrogen and oxygen atoms in total. The lowest BCUT2D eigenvalue weighted by molar-refractivity contribution is 0.528. The van der Waals surface area contributed by atoms with Crippen molar-refractivity contribution in [2.45, 2.75) is 110 Å². The van der Waals surface area contributed by atoms with Crippen LogP contribution in [0.2, 0.25) is 0 Å². The van der Waals surface area contributed by atoms with Gasteiger partial charge < -0.3 is 0 Å². The van der Waals surface area contributed by atoms with Gasteiger partial charge >= 0.3 is 0 Å². The molecule has 0 bridgehead atoms. The lowest BCUT2D eigenvalue weighted by atomic mass is 10.0. The molecule has 121 valence electrons. The Kier molecular flexibility index (Phi) is 18.9. The summed E-state index contributed by atoms with van der Waals surface area (Å²) in [6.45, 7) is 6.73. The molecule has 0 aliphatic heterocycles. The molecule has 0 atom stereocenters. The normalized spacial score (nSPS) is 11.1. The summed E-state index contributed by atoms with van der Waals surface area (Å²) in [5.74, 6) is 0. The van der Waals surface area contributed by atoms with Gasteiger partial charge in [0.05, 0.1) is 0 Å². The molecule has 0 aliphatic carbocycles. The molecule has 0 saturated carbocycles. The third-order valence-electron chi connectivity index (χ3n) is 4.09. The molecule has 0 rings (SSSR count). The van der Waals surface area contributed by atoms with Crippen molar-refractivity contribution in [3.05, 3.63) is 0 Å². The summed E-state index contributed by atoms with van der Waals surface area (Å²) >= 11 is 0. The minimum absolute atomic E-state index is 1.09. The molecular weight excluding hydrogens is 242 g/mol. The fourth-order valence-corrected chi connectivity index (χ4v) is 2.62. The molecule has 0 aromatic rings. The summed E-state index contributed by atoms with van der Waals surface area (Å²) in [4.78, 5) is 0. The van der Waals surface area contributed by atoms with Crippen LogP contribution < -0.4 is 5.32 Å². The number of hydrogen-bond donors (Lipinski definition) is 0. The van der Waals surface area contributed by atoms with Gasteiger partial charge in [-0.3, -0.25) is 0 Å². The van der Waals surface area contributed by atoms with E-state index in [1.165, 1.54) is 96.3 Å². The largest absolute Gasteiger partial charge is 0.242 e. The highest BCUT2D eigenvalue weighted by Gasteiger charge is 1.94. The molecule has 0 amide bonds. The first-order valence-corrected chi connectivity index (χ1v) is 9.55. The standard InChI is InChI=1S/C19H40N/c1-3-5-7-8-9-10-11-12-13-14-15-16-17-19-20-18-6-4-2/h3-19H2,1-2H3. The zero-order valence-electron chi connectivity index (χ0n) is 14.5. The Balaban J connectivity index is 2.89. The van der Waals surface area contributed by atoms with Crippen LogP contribution in [0.15, 0.2) is 0 Å². The second kappa shape index (κ2) is 19.0. The van der Waals surface area contributed by atoms with Crippen molar-refractivity contribution in [3.8, 4) is 0 Å². The Bertz CT molecular complexity index is 138. The third-order valence-corrected chi connectivity index (χ3v) is 4.09. The van der Waals surface area contributed by atoms with E-state index in [9.17, 15) is 0 Å². The summed E-state index contributed by atoms with van der Waals surface area (Å²) in [6, 6.07) is 0. The van der Waals surface area contributed by atoms with Crippen LogP contribution in [0, 0.1) is 0 Å². The Morgan fingerprint density at radius 2 is 0.750 bits per heavy atom. The van der Waals surface area contributed by atoms with Gasteiger partial charge in [-0.05, 0) is 12.8 Å². The number of hydrogen-bond acceptors (Lipinski definition) is 0. The average Bonchev–Trinajstić information content (AvgIpc) is 2.47. The first kappa shape index (κ1) is 20.0. The van der Waals surface area contributed by atoms with Gasteiger partial charge in [0.25, 0.3) is 0 Å². The fourth-order valence-electron chi connectivity index (χ4n) is 2.62. The lowest BCUT2D eigenvalue weighted by Crippen LogP contribution is -2.07. The van der Waals surface area contributed by atoms with Crippen LogP contribution in [0.5, 0.6) is 0 Å². The van der Waals surface area contributed by atoms with Gasteiger partial charge in [-0.2, -0.15) is 0 Å². The molecule has 0 heterocycles. The monoisotopic (exact) mass is 282 g/mol. The molecule has 0 spiro atoms. The van der Waals surface area contributed by atoms with E-state index in [2.05, 4.69) is 19.2 Å². The van der Waals surface area contributed by atoms with Crippen LogP contribution >= 0.6 is 0 Å². The lowest BCUT2D eigenvalue weighted by Gasteiger charge is -2.03. The molecule has 20 heavy (non-hydrogen) atoms. The van der Waals surface area contributed by atoms with Gasteiger partial charge in [-0.1, -0.05) is 97.3 Å². The summed E-state index contributed by atoms with van der Waals surface area (Å²) in [6.07, 6.45) is 21.2. The third kappa shape index (κ3) is 18.0. The first-order valence-electron chi connectivity index (χ1n) is 9.55. The zero-order chi connectivity index (χ0) is 14.7. The van der Waals surface area contributed by atoms with E-state index in [-0.39, 0.29) is 0 Å². The predicted octanol–water partition coefficient (Wildman–Crippen LogP) is 6.48. The highest BCUT2D eigenvalue weighted by Crippen LogP contribution is 2.12. The van der Waals surface area contributed by atoms with Crippen LogP contribution in [0.4, 0.5) is 0 Å². The van der Waals surface area contributed by atoms with E-state index in [1.54, 1.807) is 0 Å². The maximum absolute atomic E-state index is 4.55. The summed E-state index contributed by atoms with van der Waals surface area (Å²) < 4.78 is 0. The molecule has 1 heteroatoms. The smallest absolute Gasteiger partial charge is 0.0133 e. The summed E-state index contributed by atoms with van der Waals surface area (Å²) in [5.41, 5.74) is 0. The zero-order valence-corrected chi connectivity index (χ0v) is 14.5. The number of rotatable bonds is 17. The molecule has 0 aromatic heterocycles. The van der Waals surface area contributed by atoms with Crippen molar-refractivity contribution in [2.75, 3.05) is 13.1 Å². The second-order valence-corrected chi connectivity index (χ2v) is 6.27. The van der Waals surface area contributed by atoms with Crippen molar-refractivity contribution < 1.29 is 0 Å². The predicted molar refractivity (Wildman–Crippen MR) is 92.5 cm³/mol. The van der Waals surface area contributed by atoms with Gasteiger partial charge in [-0.15, -0.1) is 0 Å². The molecule has 0 N–H and O–H groups in total. The maximum atomic E-state index is 4.55. The van der Waals surface area contributed by atoms with Gasteiger partial charge in [0.2, 0.25) is 0 Å². The van der Waals surface area contributed by atoms with Crippen LogP contribution in [0.1, 0.15) is 110 Å². The molecule has 0 unspecified atom stereocenters. The van der Waals surface area contributed by atoms with Crippen LogP contribution in [-0.4, -0.2) is 13.1 Å². The minimum atomic E-state index is 1.09. The molecule has 1 radical (unpaired) electrons. The molecular formula is C19H40N. The first-order chi connectivity index (χ1) is 9.91. The van der Waals surface area contributed by atoms with Gasteiger partial charge in [-0.25, -0.2) is 5.32 Å². The average molecular weight is 283 g/mol. The quantitative estimate of drug-likeness (QED) is 0.271. The number of nitrogens with zero attached hydrogens (tertiary/aromatic N) is 1. The van der Waals surface area contributed by atoms with E-state index < -0.39 is 0 Å². The van der Waals surface area contributed by atoms with Crippen LogP contribution in [0.25, 0.3) is 0 Å². The van der Waals surface area contributed by atoms with Gasteiger partial charge in [0, 0.05) is 13.1 Å². The Labute approximate surface area is 129 Å². The highest BCUT2D eigenvalue weighted by atomic mass is 14.8. The van der Waals surface area contributed by atoms with E-state index in [0.29, 0.717) is 0 Å². The van der Waals surface area contributed by atoms with E-state index in [0.717, 1.165) is 13.1 Å². The fraction of sp³-hybridized carbons (Fsp3) is 1.00. The van der Waals surface area contributed by atoms with E-state index in [1.807, 2.05) is 0 Å². The topological polar surface area (TPSA) is 14.1 Å². The minimum Gasteiger partial charge on any atom is -0.242 e. The Morgan fingerprint density at radius 1 is 0.400 bits per heavy atom. The van der Waals surface area contributed by atoms with Crippen molar-refractivity contribution >= 4 is 0 Å². The Hall–Kier alpha value is -0.0400. The van der Waals surface area contributed by atoms with Crippen molar-refractivity contribution in [2.24, 2.45) is 0 Å². The SMILES string of the molecule is CCCCCCCCCCCCCCC[N]CCCC. The van der Waals surface area contributed by atoms with E-state index in [4.69, 9.17) is 0 Å².